The number of benzene rings is 1. The fourth-order valence-corrected chi connectivity index (χ4v) is 1.85. The van der Waals surface area contributed by atoms with Gasteiger partial charge in [0.2, 0.25) is 0 Å². The zero-order valence-electron chi connectivity index (χ0n) is 8.12. The highest BCUT2D eigenvalue weighted by atomic mass is 19.1. The summed E-state index contributed by atoms with van der Waals surface area (Å²) < 4.78 is 13.4. The molecule has 0 unspecified atom stereocenters. The van der Waals surface area contributed by atoms with E-state index in [4.69, 9.17) is 5.73 Å². The van der Waals surface area contributed by atoms with Gasteiger partial charge in [-0.05, 0) is 25.0 Å². The van der Waals surface area contributed by atoms with E-state index in [1.807, 2.05) is 12.1 Å². The molecule has 2 N–H and O–H groups in total. The van der Waals surface area contributed by atoms with Crippen molar-refractivity contribution in [1.82, 2.24) is 0 Å². The summed E-state index contributed by atoms with van der Waals surface area (Å²) in [7, 11) is 0. The van der Waals surface area contributed by atoms with E-state index in [-0.39, 0.29) is 11.9 Å². The molecule has 0 aromatic heterocycles. The summed E-state index contributed by atoms with van der Waals surface area (Å²) in [6, 6.07) is 7.20. The Balaban J connectivity index is 2.12. The first kappa shape index (κ1) is 9.46. The van der Waals surface area contributed by atoms with Crippen LogP contribution >= 0.6 is 0 Å². The van der Waals surface area contributed by atoms with Crippen molar-refractivity contribution in [3.8, 4) is 0 Å². The second kappa shape index (κ2) is 3.96. The molecule has 0 saturated carbocycles. The number of nitrogens with two attached hydrogens (primary N) is 1. The standard InChI is InChI=1S/C11H15FN2/c12-10-3-1-2-4-11(10)14-7-5-9(13)6-8-14/h1-4,9H,5-8,13H2. The summed E-state index contributed by atoms with van der Waals surface area (Å²) in [6.07, 6.45) is 1.91. The molecule has 1 saturated heterocycles. The number of rotatable bonds is 1. The maximum atomic E-state index is 13.4. The summed E-state index contributed by atoms with van der Waals surface area (Å²) in [4.78, 5) is 2.07. The first-order valence-corrected chi connectivity index (χ1v) is 5.02. The fraction of sp³-hybridized carbons (Fsp3) is 0.455. The molecular formula is C11H15FN2. The van der Waals surface area contributed by atoms with Gasteiger partial charge in [0.15, 0.2) is 0 Å². The molecule has 0 atom stereocenters. The zero-order chi connectivity index (χ0) is 9.97. The van der Waals surface area contributed by atoms with E-state index in [2.05, 4.69) is 4.90 Å². The summed E-state index contributed by atoms with van der Waals surface area (Å²) in [5, 5.41) is 0. The van der Waals surface area contributed by atoms with E-state index in [1.165, 1.54) is 6.07 Å². The summed E-state index contributed by atoms with van der Waals surface area (Å²) in [5.41, 5.74) is 6.50. The highest BCUT2D eigenvalue weighted by molar-refractivity contribution is 5.47. The third-order valence-corrected chi connectivity index (χ3v) is 2.73. The number of hydrogen-bond donors (Lipinski definition) is 1. The van der Waals surface area contributed by atoms with Crippen LogP contribution in [-0.2, 0) is 0 Å². The van der Waals surface area contributed by atoms with E-state index in [0.29, 0.717) is 5.69 Å². The number of piperidine rings is 1. The Labute approximate surface area is 83.5 Å². The quantitative estimate of drug-likeness (QED) is 0.738. The van der Waals surface area contributed by atoms with E-state index in [0.717, 1.165) is 25.9 Å². The minimum absolute atomic E-state index is 0.136. The van der Waals surface area contributed by atoms with Crippen molar-refractivity contribution in [1.29, 1.82) is 0 Å². The fourth-order valence-electron chi connectivity index (χ4n) is 1.85. The lowest BCUT2D eigenvalue weighted by Crippen LogP contribution is -2.40. The molecule has 76 valence electrons. The largest absolute Gasteiger partial charge is 0.369 e. The number of anilines is 1. The summed E-state index contributed by atoms with van der Waals surface area (Å²) in [5.74, 6) is -0.136. The minimum Gasteiger partial charge on any atom is -0.369 e. The van der Waals surface area contributed by atoms with Crippen molar-refractivity contribution < 1.29 is 4.39 Å². The molecular weight excluding hydrogens is 179 g/mol. The molecule has 0 radical (unpaired) electrons. The van der Waals surface area contributed by atoms with Crippen molar-refractivity contribution in [2.75, 3.05) is 18.0 Å². The molecule has 1 heterocycles. The van der Waals surface area contributed by atoms with Gasteiger partial charge in [-0.3, -0.25) is 0 Å². The Hall–Kier alpha value is -1.09. The third-order valence-electron chi connectivity index (χ3n) is 2.73. The Morgan fingerprint density at radius 1 is 1.21 bits per heavy atom. The molecule has 0 aliphatic carbocycles. The van der Waals surface area contributed by atoms with E-state index < -0.39 is 0 Å². The number of hydrogen-bond acceptors (Lipinski definition) is 2. The van der Waals surface area contributed by atoms with Crippen LogP contribution in [0.15, 0.2) is 24.3 Å². The van der Waals surface area contributed by atoms with Crippen LogP contribution in [-0.4, -0.2) is 19.1 Å². The highest BCUT2D eigenvalue weighted by Gasteiger charge is 2.17. The molecule has 1 aliphatic rings. The van der Waals surface area contributed by atoms with E-state index in [9.17, 15) is 4.39 Å². The molecule has 0 amide bonds. The number of halogens is 1. The molecule has 0 bridgehead atoms. The SMILES string of the molecule is NC1CCN(c2ccccc2F)CC1. The topological polar surface area (TPSA) is 29.3 Å². The molecule has 0 spiro atoms. The first-order chi connectivity index (χ1) is 6.77. The Morgan fingerprint density at radius 3 is 2.50 bits per heavy atom. The average molecular weight is 194 g/mol. The van der Waals surface area contributed by atoms with Crippen LogP contribution in [0.25, 0.3) is 0 Å². The maximum absolute atomic E-state index is 13.4. The third kappa shape index (κ3) is 1.87. The second-order valence-corrected chi connectivity index (χ2v) is 3.78. The van der Waals surface area contributed by atoms with Crippen LogP contribution in [0.5, 0.6) is 0 Å². The van der Waals surface area contributed by atoms with Gasteiger partial charge in [0, 0.05) is 19.1 Å². The van der Waals surface area contributed by atoms with Gasteiger partial charge in [0.05, 0.1) is 5.69 Å². The van der Waals surface area contributed by atoms with Crippen molar-refractivity contribution in [2.24, 2.45) is 5.73 Å². The van der Waals surface area contributed by atoms with Crippen LogP contribution in [0.2, 0.25) is 0 Å². The smallest absolute Gasteiger partial charge is 0.146 e. The maximum Gasteiger partial charge on any atom is 0.146 e. The predicted octanol–water partition coefficient (Wildman–Crippen LogP) is 1.75. The van der Waals surface area contributed by atoms with Crippen LogP contribution < -0.4 is 10.6 Å². The van der Waals surface area contributed by atoms with Gasteiger partial charge in [0.25, 0.3) is 0 Å². The van der Waals surface area contributed by atoms with Crippen LogP contribution in [0.3, 0.4) is 0 Å². The minimum atomic E-state index is -0.136. The van der Waals surface area contributed by atoms with Gasteiger partial charge in [-0.2, -0.15) is 0 Å². The second-order valence-electron chi connectivity index (χ2n) is 3.78. The number of para-hydroxylation sites is 1. The monoisotopic (exact) mass is 194 g/mol. The Kier molecular flexibility index (Phi) is 2.68. The zero-order valence-corrected chi connectivity index (χ0v) is 8.12. The molecule has 1 aromatic carbocycles. The Morgan fingerprint density at radius 2 is 1.86 bits per heavy atom. The molecule has 1 aliphatic heterocycles. The van der Waals surface area contributed by atoms with Crippen LogP contribution in [0.1, 0.15) is 12.8 Å². The van der Waals surface area contributed by atoms with Gasteiger partial charge >= 0.3 is 0 Å². The molecule has 3 heteroatoms. The highest BCUT2D eigenvalue weighted by Crippen LogP contribution is 2.22. The van der Waals surface area contributed by atoms with Crippen LogP contribution in [0, 0.1) is 5.82 Å². The van der Waals surface area contributed by atoms with Gasteiger partial charge in [-0.15, -0.1) is 0 Å². The van der Waals surface area contributed by atoms with Gasteiger partial charge in [-0.1, -0.05) is 12.1 Å². The molecule has 14 heavy (non-hydrogen) atoms. The number of nitrogens with zero attached hydrogens (tertiary/aromatic N) is 1. The van der Waals surface area contributed by atoms with Crippen molar-refractivity contribution in [3.63, 3.8) is 0 Å². The van der Waals surface area contributed by atoms with Gasteiger partial charge in [-0.25, -0.2) is 4.39 Å². The average Bonchev–Trinajstić information content (AvgIpc) is 2.20. The summed E-state index contributed by atoms with van der Waals surface area (Å²) in [6.45, 7) is 1.73. The Bertz CT molecular complexity index is 306. The predicted molar refractivity (Wildman–Crippen MR) is 55.8 cm³/mol. The normalized spacial score (nSPS) is 18.6. The molecule has 2 rings (SSSR count). The van der Waals surface area contributed by atoms with E-state index >= 15 is 0 Å². The first-order valence-electron chi connectivity index (χ1n) is 5.02. The van der Waals surface area contributed by atoms with Crippen molar-refractivity contribution in [3.05, 3.63) is 30.1 Å². The van der Waals surface area contributed by atoms with Gasteiger partial charge < -0.3 is 10.6 Å². The van der Waals surface area contributed by atoms with Gasteiger partial charge in [0.1, 0.15) is 5.82 Å². The lowest BCUT2D eigenvalue weighted by atomic mass is 10.1. The van der Waals surface area contributed by atoms with Crippen LogP contribution in [0.4, 0.5) is 10.1 Å². The molecule has 2 nitrogen and oxygen atoms in total. The summed E-state index contributed by atoms with van der Waals surface area (Å²) >= 11 is 0. The lowest BCUT2D eigenvalue weighted by molar-refractivity contribution is 0.494. The van der Waals surface area contributed by atoms with Crippen molar-refractivity contribution in [2.45, 2.75) is 18.9 Å². The molecule has 1 aromatic rings. The van der Waals surface area contributed by atoms with E-state index in [1.54, 1.807) is 6.07 Å². The van der Waals surface area contributed by atoms with Crippen molar-refractivity contribution >= 4 is 5.69 Å². The molecule has 1 fully saturated rings. The lowest BCUT2D eigenvalue weighted by Gasteiger charge is -2.32.